The van der Waals surface area contributed by atoms with E-state index in [1.807, 2.05) is 22.7 Å². The van der Waals surface area contributed by atoms with Crippen LogP contribution in [0.3, 0.4) is 0 Å². The normalized spacial score (nSPS) is 17.7. The first kappa shape index (κ1) is 16.4. The standard InChI is InChI=1S/C16H22N6O2/c1-20-5-4-18-14(20)11-21-6-8-22(9-7-21)15(16(23)24)12-2-3-13(17)19-10-12/h2-5,10,15H,6-9,11H2,1H3,(H2,17,19)(H,23,24)/t15-/m0/s1. The van der Waals surface area contributed by atoms with Gasteiger partial charge in [-0.1, -0.05) is 6.07 Å². The predicted molar refractivity (Wildman–Crippen MR) is 89.1 cm³/mol. The van der Waals surface area contributed by atoms with E-state index in [4.69, 9.17) is 5.73 Å². The van der Waals surface area contributed by atoms with Crippen LogP contribution in [0.1, 0.15) is 17.4 Å². The monoisotopic (exact) mass is 330 g/mol. The lowest BCUT2D eigenvalue weighted by atomic mass is 10.1. The number of carboxylic acid groups (broad SMARTS) is 1. The van der Waals surface area contributed by atoms with Crippen molar-refractivity contribution in [1.29, 1.82) is 0 Å². The highest BCUT2D eigenvalue weighted by molar-refractivity contribution is 5.75. The number of aliphatic carboxylic acids is 1. The molecule has 1 aliphatic rings. The molecule has 1 aliphatic heterocycles. The van der Waals surface area contributed by atoms with Crippen LogP contribution in [0.5, 0.6) is 0 Å². The molecule has 2 aromatic heterocycles. The molecule has 24 heavy (non-hydrogen) atoms. The van der Waals surface area contributed by atoms with Crippen LogP contribution in [0, 0.1) is 0 Å². The largest absolute Gasteiger partial charge is 0.480 e. The Hall–Kier alpha value is -2.45. The van der Waals surface area contributed by atoms with Gasteiger partial charge in [-0.15, -0.1) is 0 Å². The lowest BCUT2D eigenvalue weighted by molar-refractivity contribution is -0.144. The summed E-state index contributed by atoms with van der Waals surface area (Å²) in [6.45, 7) is 3.76. The Morgan fingerprint density at radius 1 is 1.29 bits per heavy atom. The summed E-state index contributed by atoms with van der Waals surface area (Å²) >= 11 is 0. The first-order valence-corrected chi connectivity index (χ1v) is 7.91. The Morgan fingerprint density at radius 2 is 2.04 bits per heavy atom. The molecule has 8 nitrogen and oxygen atoms in total. The molecule has 0 amide bonds. The average Bonchev–Trinajstić information content (AvgIpc) is 2.96. The summed E-state index contributed by atoms with van der Waals surface area (Å²) in [4.78, 5) is 24.4. The molecule has 8 heteroatoms. The number of piperazine rings is 1. The number of hydrogen-bond donors (Lipinski definition) is 2. The van der Waals surface area contributed by atoms with Gasteiger partial charge in [0, 0.05) is 51.8 Å². The number of carbonyl (C=O) groups is 1. The van der Waals surface area contributed by atoms with Gasteiger partial charge in [-0.25, -0.2) is 9.97 Å². The Kier molecular flexibility index (Phi) is 4.77. The predicted octanol–water partition coefficient (Wildman–Crippen LogP) is 0.341. The van der Waals surface area contributed by atoms with Crippen LogP contribution < -0.4 is 5.73 Å². The van der Waals surface area contributed by atoms with Gasteiger partial charge < -0.3 is 15.4 Å². The van der Waals surface area contributed by atoms with Crippen molar-refractivity contribution in [2.45, 2.75) is 12.6 Å². The number of nitrogen functional groups attached to an aromatic ring is 1. The summed E-state index contributed by atoms with van der Waals surface area (Å²) in [5, 5.41) is 9.63. The number of rotatable bonds is 5. The SMILES string of the molecule is Cn1ccnc1CN1CCN([C@H](C(=O)O)c2ccc(N)nc2)CC1. The smallest absolute Gasteiger partial charge is 0.325 e. The van der Waals surface area contributed by atoms with Crippen LogP contribution in [-0.2, 0) is 18.4 Å². The molecule has 0 saturated carbocycles. The van der Waals surface area contributed by atoms with Crippen molar-refractivity contribution in [2.75, 3.05) is 31.9 Å². The van der Waals surface area contributed by atoms with Gasteiger partial charge >= 0.3 is 5.97 Å². The molecule has 3 rings (SSSR count). The lowest BCUT2D eigenvalue weighted by Crippen LogP contribution is -2.49. The van der Waals surface area contributed by atoms with Crippen LogP contribution in [0.4, 0.5) is 5.82 Å². The number of aromatic nitrogens is 3. The van der Waals surface area contributed by atoms with E-state index in [-0.39, 0.29) is 0 Å². The number of hydrogen-bond acceptors (Lipinski definition) is 6. The van der Waals surface area contributed by atoms with E-state index in [1.54, 1.807) is 24.5 Å². The zero-order valence-corrected chi connectivity index (χ0v) is 13.7. The molecule has 1 atom stereocenters. The Bertz CT molecular complexity index is 691. The minimum absolute atomic E-state index is 0.391. The van der Waals surface area contributed by atoms with Crippen LogP contribution >= 0.6 is 0 Å². The fourth-order valence-corrected chi connectivity index (χ4v) is 3.02. The van der Waals surface area contributed by atoms with E-state index in [1.165, 1.54) is 0 Å². The maximum Gasteiger partial charge on any atom is 0.325 e. The molecule has 1 saturated heterocycles. The minimum atomic E-state index is -0.862. The van der Waals surface area contributed by atoms with Crippen molar-refractivity contribution in [1.82, 2.24) is 24.3 Å². The fraction of sp³-hybridized carbons (Fsp3) is 0.438. The number of nitrogens with two attached hydrogens (primary N) is 1. The number of anilines is 1. The van der Waals surface area contributed by atoms with Crippen molar-refractivity contribution in [3.8, 4) is 0 Å². The molecule has 128 valence electrons. The Labute approximate surface area is 140 Å². The molecular formula is C16H22N6O2. The number of imidazole rings is 1. The molecule has 1 fully saturated rings. The van der Waals surface area contributed by atoms with Crippen LogP contribution in [0.15, 0.2) is 30.7 Å². The maximum absolute atomic E-state index is 11.7. The quantitative estimate of drug-likeness (QED) is 0.815. The summed E-state index contributed by atoms with van der Waals surface area (Å²) in [6.07, 6.45) is 5.27. The molecular weight excluding hydrogens is 308 g/mol. The van der Waals surface area contributed by atoms with E-state index in [2.05, 4.69) is 14.9 Å². The van der Waals surface area contributed by atoms with Gasteiger partial charge in [-0.05, 0) is 11.6 Å². The zero-order chi connectivity index (χ0) is 17.1. The topological polar surface area (TPSA) is 101 Å². The molecule has 3 N–H and O–H groups in total. The van der Waals surface area contributed by atoms with E-state index in [9.17, 15) is 9.90 Å². The van der Waals surface area contributed by atoms with Crippen molar-refractivity contribution in [2.24, 2.45) is 7.05 Å². The lowest BCUT2D eigenvalue weighted by Gasteiger charge is -2.37. The van der Waals surface area contributed by atoms with Crippen molar-refractivity contribution >= 4 is 11.8 Å². The first-order valence-electron chi connectivity index (χ1n) is 7.91. The molecule has 0 aromatic carbocycles. The second-order valence-electron chi connectivity index (χ2n) is 6.02. The summed E-state index contributed by atoms with van der Waals surface area (Å²) in [5.41, 5.74) is 6.25. The number of aryl methyl sites for hydroxylation is 1. The third kappa shape index (κ3) is 3.55. The summed E-state index contributed by atoms with van der Waals surface area (Å²) in [5.74, 6) is 0.544. The van der Waals surface area contributed by atoms with Gasteiger partial charge in [0.2, 0.25) is 0 Å². The highest BCUT2D eigenvalue weighted by Gasteiger charge is 2.30. The molecule has 0 spiro atoms. The number of carboxylic acids is 1. The van der Waals surface area contributed by atoms with Gasteiger partial charge in [-0.3, -0.25) is 14.6 Å². The molecule has 0 radical (unpaired) electrons. The highest BCUT2D eigenvalue weighted by Crippen LogP contribution is 2.23. The van der Waals surface area contributed by atoms with Gasteiger partial charge in [0.05, 0.1) is 6.54 Å². The number of pyridine rings is 1. The van der Waals surface area contributed by atoms with E-state index >= 15 is 0 Å². The zero-order valence-electron chi connectivity index (χ0n) is 13.7. The van der Waals surface area contributed by atoms with Crippen LogP contribution in [-0.4, -0.2) is 61.6 Å². The van der Waals surface area contributed by atoms with E-state index < -0.39 is 12.0 Å². The molecule has 0 aliphatic carbocycles. The van der Waals surface area contributed by atoms with E-state index in [0.29, 0.717) is 24.5 Å². The second-order valence-corrected chi connectivity index (χ2v) is 6.02. The second kappa shape index (κ2) is 6.98. The summed E-state index contributed by atoms with van der Waals surface area (Å²) < 4.78 is 2.01. The molecule has 3 heterocycles. The van der Waals surface area contributed by atoms with Gasteiger partial charge in [0.15, 0.2) is 0 Å². The number of nitrogens with zero attached hydrogens (tertiary/aromatic N) is 5. The highest BCUT2D eigenvalue weighted by atomic mass is 16.4. The van der Waals surface area contributed by atoms with Crippen molar-refractivity contribution in [3.05, 3.63) is 42.1 Å². The summed E-state index contributed by atoms with van der Waals surface area (Å²) in [7, 11) is 1.98. The molecule has 2 aromatic rings. The van der Waals surface area contributed by atoms with Crippen LogP contribution in [0.25, 0.3) is 0 Å². The third-order valence-electron chi connectivity index (χ3n) is 4.42. The van der Waals surface area contributed by atoms with Gasteiger partial charge in [-0.2, -0.15) is 0 Å². The fourth-order valence-electron chi connectivity index (χ4n) is 3.02. The maximum atomic E-state index is 11.7. The minimum Gasteiger partial charge on any atom is -0.480 e. The average molecular weight is 330 g/mol. The van der Waals surface area contributed by atoms with Crippen molar-refractivity contribution in [3.63, 3.8) is 0 Å². The third-order valence-corrected chi connectivity index (χ3v) is 4.42. The summed E-state index contributed by atoms with van der Waals surface area (Å²) in [6, 6.07) is 2.69. The molecule has 0 unspecified atom stereocenters. The van der Waals surface area contributed by atoms with E-state index in [0.717, 1.165) is 25.5 Å². The Morgan fingerprint density at radius 3 is 2.58 bits per heavy atom. The van der Waals surface area contributed by atoms with Gasteiger partial charge in [0.1, 0.15) is 17.7 Å². The Balaban J connectivity index is 1.64. The molecule has 0 bridgehead atoms. The first-order chi connectivity index (χ1) is 11.5. The van der Waals surface area contributed by atoms with Crippen LogP contribution in [0.2, 0.25) is 0 Å². The van der Waals surface area contributed by atoms with Gasteiger partial charge in [0.25, 0.3) is 0 Å². The van der Waals surface area contributed by atoms with Crippen molar-refractivity contribution < 1.29 is 9.90 Å².